The first-order valence-corrected chi connectivity index (χ1v) is 7.66. The van der Waals surface area contributed by atoms with Gasteiger partial charge in [0.15, 0.2) is 0 Å². The van der Waals surface area contributed by atoms with Crippen LogP contribution in [0.25, 0.3) is 9.40 Å². The van der Waals surface area contributed by atoms with Crippen molar-refractivity contribution in [3.05, 3.63) is 22.4 Å². The zero-order valence-corrected chi connectivity index (χ0v) is 11.5. The molecule has 0 aliphatic carbocycles. The summed E-state index contributed by atoms with van der Waals surface area (Å²) in [5.41, 5.74) is 6.29. The van der Waals surface area contributed by atoms with Crippen LogP contribution in [0.5, 0.6) is 0 Å². The molecule has 2 aromatic rings. The standard InChI is InChI=1S/C13H19NS2/c1-3-9(4-2)7-10(14)12-8-13-11(16-12)5-6-15-13/h5-6,8-10H,3-4,7,14H2,1-2H3. The van der Waals surface area contributed by atoms with E-state index in [1.807, 2.05) is 22.7 Å². The van der Waals surface area contributed by atoms with Crippen molar-refractivity contribution in [2.75, 3.05) is 0 Å². The Labute approximate surface area is 105 Å². The van der Waals surface area contributed by atoms with Gasteiger partial charge in [-0.3, -0.25) is 0 Å². The van der Waals surface area contributed by atoms with Gasteiger partial charge in [0.1, 0.15) is 0 Å². The van der Waals surface area contributed by atoms with E-state index in [1.54, 1.807) is 0 Å². The predicted molar refractivity (Wildman–Crippen MR) is 75.3 cm³/mol. The zero-order chi connectivity index (χ0) is 11.5. The minimum atomic E-state index is 0.231. The van der Waals surface area contributed by atoms with E-state index in [1.165, 1.54) is 27.1 Å². The zero-order valence-electron chi connectivity index (χ0n) is 9.90. The quantitative estimate of drug-likeness (QED) is 0.814. The van der Waals surface area contributed by atoms with Gasteiger partial charge in [0.05, 0.1) is 0 Å². The lowest BCUT2D eigenvalue weighted by Crippen LogP contribution is -2.13. The van der Waals surface area contributed by atoms with Crippen molar-refractivity contribution in [1.29, 1.82) is 0 Å². The van der Waals surface area contributed by atoms with Gasteiger partial charge in [-0.1, -0.05) is 26.7 Å². The molecule has 0 spiro atoms. The van der Waals surface area contributed by atoms with Crippen LogP contribution in [0.2, 0.25) is 0 Å². The highest BCUT2D eigenvalue weighted by Gasteiger charge is 2.14. The molecule has 2 rings (SSSR count). The number of thiophene rings is 2. The van der Waals surface area contributed by atoms with Crippen LogP contribution in [0, 0.1) is 5.92 Å². The first-order valence-electron chi connectivity index (χ1n) is 5.97. The van der Waals surface area contributed by atoms with Crippen molar-refractivity contribution >= 4 is 32.1 Å². The fourth-order valence-electron chi connectivity index (χ4n) is 2.06. The summed E-state index contributed by atoms with van der Waals surface area (Å²) in [5, 5.41) is 2.15. The Bertz CT molecular complexity index is 411. The molecule has 1 nitrogen and oxygen atoms in total. The fraction of sp³-hybridized carbons (Fsp3) is 0.538. The van der Waals surface area contributed by atoms with Gasteiger partial charge in [0.2, 0.25) is 0 Å². The minimum Gasteiger partial charge on any atom is -0.323 e. The lowest BCUT2D eigenvalue weighted by molar-refractivity contribution is 0.417. The number of hydrogen-bond acceptors (Lipinski definition) is 3. The molecule has 0 radical (unpaired) electrons. The van der Waals surface area contributed by atoms with Gasteiger partial charge in [-0.25, -0.2) is 0 Å². The van der Waals surface area contributed by atoms with Crippen LogP contribution < -0.4 is 5.73 Å². The monoisotopic (exact) mass is 253 g/mol. The molecule has 0 aliphatic rings. The van der Waals surface area contributed by atoms with E-state index in [0.29, 0.717) is 0 Å². The van der Waals surface area contributed by atoms with Crippen molar-refractivity contribution in [2.45, 2.75) is 39.2 Å². The molecule has 16 heavy (non-hydrogen) atoms. The summed E-state index contributed by atoms with van der Waals surface area (Å²) < 4.78 is 2.78. The van der Waals surface area contributed by atoms with Crippen molar-refractivity contribution in [3.63, 3.8) is 0 Å². The molecule has 0 fully saturated rings. The van der Waals surface area contributed by atoms with Gasteiger partial charge in [0, 0.05) is 20.3 Å². The first-order chi connectivity index (χ1) is 7.74. The van der Waals surface area contributed by atoms with Gasteiger partial charge >= 0.3 is 0 Å². The molecule has 1 unspecified atom stereocenters. The Hall–Kier alpha value is -0.380. The Morgan fingerprint density at radius 2 is 2.00 bits per heavy atom. The molecule has 0 aromatic carbocycles. The van der Waals surface area contributed by atoms with E-state index in [9.17, 15) is 0 Å². The third-order valence-electron chi connectivity index (χ3n) is 3.27. The van der Waals surface area contributed by atoms with E-state index in [-0.39, 0.29) is 6.04 Å². The molecule has 3 heteroatoms. The molecule has 2 heterocycles. The minimum absolute atomic E-state index is 0.231. The highest BCUT2D eigenvalue weighted by Crippen LogP contribution is 2.35. The Morgan fingerprint density at radius 3 is 2.62 bits per heavy atom. The molecule has 0 saturated carbocycles. The molecule has 0 bridgehead atoms. The lowest BCUT2D eigenvalue weighted by Gasteiger charge is -2.16. The van der Waals surface area contributed by atoms with Crippen LogP contribution in [0.3, 0.4) is 0 Å². The number of fused-ring (bicyclic) bond motifs is 1. The number of hydrogen-bond donors (Lipinski definition) is 1. The molecule has 0 amide bonds. The maximum atomic E-state index is 6.29. The van der Waals surface area contributed by atoms with Crippen LogP contribution in [0.15, 0.2) is 17.5 Å². The maximum absolute atomic E-state index is 6.29. The average Bonchev–Trinajstić information content (AvgIpc) is 2.85. The van der Waals surface area contributed by atoms with E-state index < -0.39 is 0 Å². The van der Waals surface area contributed by atoms with E-state index in [4.69, 9.17) is 5.73 Å². The van der Waals surface area contributed by atoms with Crippen LogP contribution in [0.1, 0.15) is 44.0 Å². The molecule has 2 aromatic heterocycles. The van der Waals surface area contributed by atoms with Gasteiger partial charge in [-0.2, -0.15) is 0 Å². The molecule has 0 aliphatic heterocycles. The molecule has 2 N–H and O–H groups in total. The smallest absolute Gasteiger partial charge is 0.0454 e. The van der Waals surface area contributed by atoms with Crippen molar-refractivity contribution in [2.24, 2.45) is 11.7 Å². The Kier molecular flexibility index (Phi) is 4.00. The summed E-state index contributed by atoms with van der Waals surface area (Å²) >= 11 is 3.67. The lowest BCUT2D eigenvalue weighted by atomic mass is 9.94. The Balaban J connectivity index is 2.09. The van der Waals surface area contributed by atoms with Crippen molar-refractivity contribution in [1.82, 2.24) is 0 Å². The SMILES string of the molecule is CCC(CC)CC(N)c1cc2sccc2s1. The molecular formula is C13H19NS2. The van der Waals surface area contributed by atoms with Gasteiger partial charge in [-0.15, -0.1) is 22.7 Å². The second-order valence-corrected chi connectivity index (χ2v) is 6.39. The third kappa shape index (κ3) is 2.47. The van der Waals surface area contributed by atoms with Crippen LogP contribution in [-0.2, 0) is 0 Å². The second kappa shape index (κ2) is 5.30. The second-order valence-electron chi connectivity index (χ2n) is 4.32. The van der Waals surface area contributed by atoms with Crippen molar-refractivity contribution < 1.29 is 0 Å². The summed E-state index contributed by atoms with van der Waals surface area (Å²) in [6, 6.07) is 4.70. The van der Waals surface area contributed by atoms with Gasteiger partial charge < -0.3 is 5.73 Å². The van der Waals surface area contributed by atoms with Crippen LogP contribution in [-0.4, -0.2) is 0 Å². The van der Waals surface area contributed by atoms with E-state index in [0.717, 1.165) is 12.3 Å². The highest BCUT2D eigenvalue weighted by molar-refractivity contribution is 7.26. The van der Waals surface area contributed by atoms with Crippen LogP contribution in [0.4, 0.5) is 0 Å². The number of rotatable bonds is 5. The molecule has 1 atom stereocenters. The Morgan fingerprint density at radius 1 is 1.25 bits per heavy atom. The maximum Gasteiger partial charge on any atom is 0.0454 e. The van der Waals surface area contributed by atoms with E-state index >= 15 is 0 Å². The molecule has 0 saturated heterocycles. The summed E-state index contributed by atoms with van der Waals surface area (Å²) in [6.07, 6.45) is 3.61. The predicted octanol–water partition coefficient (Wildman–Crippen LogP) is 4.79. The normalized spacial score (nSPS) is 13.8. The molecular weight excluding hydrogens is 234 g/mol. The first kappa shape index (κ1) is 12.1. The summed E-state index contributed by atoms with van der Waals surface area (Å²) in [4.78, 5) is 1.36. The van der Waals surface area contributed by atoms with E-state index in [2.05, 4.69) is 31.4 Å². The van der Waals surface area contributed by atoms with Crippen molar-refractivity contribution in [3.8, 4) is 0 Å². The van der Waals surface area contributed by atoms with Gasteiger partial charge in [-0.05, 0) is 29.9 Å². The topological polar surface area (TPSA) is 26.0 Å². The summed E-state index contributed by atoms with van der Waals surface area (Å²) in [7, 11) is 0. The fourth-order valence-corrected chi connectivity index (χ4v) is 4.20. The number of nitrogens with two attached hydrogens (primary N) is 1. The highest BCUT2D eigenvalue weighted by atomic mass is 32.1. The summed E-state index contributed by atoms with van der Waals surface area (Å²) in [6.45, 7) is 4.52. The van der Waals surface area contributed by atoms with Gasteiger partial charge in [0.25, 0.3) is 0 Å². The molecule has 88 valence electrons. The summed E-state index contributed by atoms with van der Waals surface area (Å²) in [5.74, 6) is 0.773. The largest absolute Gasteiger partial charge is 0.323 e. The average molecular weight is 253 g/mol. The third-order valence-corrected chi connectivity index (χ3v) is 5.49. The van der Waals surface area contributed by atoms with Crippen LogP contribution >= 0.6 is 22.7 Å².